The lowest BCUT2D eigenvalue weighted by molar-refractivity contribution is 0.0255. The number of benzene rings is 1. The molecular weight excluding hydrogens is 249 g/mol. The van der Waals surface area contributed by atoms with Gasteiger partial charge in [0.1, 0.15) is 5.82 Å². The van der Waals surface area contributed by atoms with E-state index in [1.807, 2.05) is 6.07 Å². The summed E-state index contributed by atoms with van der Waals surface area (Å²) in [6.45, 7) is 2.16. The van der Waals surface area contributed by atoms with Gasteiger partial charge >= 0.3 is 0 Å². The van der Waals surface area contributed by atoms with Crippen LogP contribution in [0.5, 0.6) is 0 Å². The Morgan fingerprint density at radius 1 is 1.50 bits per heavy atom. The average molecular weight is 260 g/mol. The van der Waals surface area contributed by atoms with Crippen molar-refractivity contribution in [2.45, 2.75) is 6.10 Å². The minimum atomic E-state index is -0.215. The van der Waals surface area contributed by atoms with E-state index in [1.54, 1.807) is 6.07 Å². The third-order valence-corrected chi connectivity index (χ3v) is 2.73. The van der Waals surface area contributed by atoms with Crippen molar-refractivity contribution in [2.75, 3.05) is 19.7 Å². The van der Waals surface area contributed by atoms with Gasteiger partial charge in [-0.05, 0) is 12.1 Å². The van der Waals surface area contributed by atoms with Crippen molar-refractivity contribution in [2.24, 2.45) is 0 Å². The summed E-state index contributed by atoms with van der Waals surface area (Å²) < 4.78 is 19.7. The van der Waals surface area contributed by atoms with Crippen molar-refractivity contribution in [3.63, 3.8) is 0 Å². The number of rotatable bonds is 1. The molecule has 2 nitrogen and oxygen atoms in total. The molecule has 1 heterocycles. The van der Waals surface area contributed by atoms with Gasteiger partial charge in [0.2, 0.25) is 0 Å². The fourth-order valence-electron chi connectivity index (χ4n) is 1.53. The van der Waals surface area contributed by atoms with Gasteiger partial charge < -0.3 is 10.1 Å². The normalized spacial score (nSPS) is 22.3. The summed E-state index contributed by atoms with van der Waals surface area (Å²) in [5, 5.41) is 3.17. The lowest BCUT2D eigenvalue weighted by atomic mass is 10.1. The lowest BCUT2D eigenvalue weighted by Crippen LogP contribution is -2.33. The summed E-state index contributed by atoms with van der Waals surface area (Å²) in [5.41, 5.74) is 0.625. The Balaban J connectivity index is 2.22. The second kappa shape index (κ2) is 4.38. The number of hydrogen-bond acceptors (Lipinski definition) is 2. The molecule has 2 rings (SSSR count). The number of hydrogen-bond donors (Lipinski definition) is 1. The number of morpholine rings is 1. The molecule has 1 fully saturated rings. The minimum absolute atomic E-state index is 0.156. The third kappa shape index (κ3) is 2.13. The zero-order valence-corrected chi connectivity index (χ0v) is 9.18. The van der Waals surface area contributed by atoms with Gasteiger partial charge in [0.15, 0.2) is 0 Å². The third-order valence-electron chi connectivity index (χ3n) is 2.24. The first-order chi connectivity index (χ1) is 6.77. The molecule has 0 bridgehead atoms. The predicted molar refractivity (Wildman–Crippen MR) is 55.7 cm³/mol. The number of ether oxygens (including phenoxy) is 1. The molecular formula is C10H11BrFNO. The molecule has 1 aliphatic heterocycles. The van der Waals surface area contributed by atoms with Crippen molar-refractivity contribution in [3.05, 3.63) is 34.1 Å². The highest BCUT2D eigenvalue weighted by molar-refractivity contribution is 9.10. The fraction of sp³-hybridized carbons (Fsp3) is 0.400. The Labute approximate surface area is 90.6 Å². The first-order valence-corrected chi connectivity index (χ1v) is 5.34. The Bertz CT molecular complexity index is 326. The van der Waals surface area contributed by atoms with E-state index in [1.165, 1.54) is 6.07 Å². The lowest BCUT2D eigenvalue weighted by Gasteiger charge is -2.24. The van der Waals surface area contributed by atoms with Gasteiger partial charge in [0.05, 0.1) is 12.7 Å². The molecule has 0 radical (unpaired) electrons. The van der Waals surface area contributed by atoms with E-state index in [0.717, 1.165) is 11.0 Å². The van der Waals surface area contributed by atoms with Crippen molar-refractivity contribution in [1.29, 1.82) is 0 Å². The Morgan fingerprint density at radius 2 is 2.36 bits per heavy atom. The molecule has 1 N–H and O–H groups in total. The van der Waals surface area contributed by atoms with Crippen LogP contribution in [0.1, 0.15) is 11.7 Å². The first-order valence-electron chi connectivity index (χ1n) is 4.54. The van der Waals surface area contributed by atoms with Crippen molar-refractivity contribution in [3.8, 4) is 0 Å². The van der Waals surface area contributed by atoms with Gasteiger partial charge in [-0.3, -0.25) is 0 Å². The molecule has 1 aromatic rings. The van der Waals surface area contributed by atoms with E-state index in [-0.39, 0.29) is 11.9 Å². The van der Waals surface area contributed by atoms with Crippen LogP contribution in [0.2, 0.25) is 0 Å². The summed E-state index contributed by atoms with van der Waals surface area (Å²) in [5.74, 6) is -0.215. The Morgan fingerprint density at radius 3 is 3.00 bits per heavy atom. The second-order valence-corrected chi connectivity index (χ2v) is 4.15. The average Bonchev–Trinajstić information content (AvgIpc) is 2.19. The van der Waals surface area contributed by atoms with E-state index in [0.29, 0.717) is 18.7 Å². The van der Waals surface area contributed by atoms with Crippen molar-refractivity contribution in [1.82, 2.24) is 5.32 Å². The van der Waals surface area contributed by atoms with E-state index < -0.39 is 0 Å². The first kappa shape index (κ1) is 10.1. The Hall–Kier alpha value is -0.450. The van der Waals surface area contributed by atoms with E-state index >= 15 is 0 Å². The van der Waals surface area contributed by atoms with Crippen LogP contribution in [0.4, 0.5) is 4.39 Å². The summed E-state index contributed by atoms with van der Waals surface area (Å²) in [4.78, 5) is 0. The van der Waals surface area contributed by atoms with Gasteiger partial charge in [-0.1, -0.05) is 22.0 Å². The quantitative estimate of drug-likeness (QED) is 0.836. The van der Waals surface area contributed by atoms with Crippen molar-refractivity contribution < 1.29 is 9.13 Å². The van der Waals surface area contributed by atoms with Gasteiger partial charge in [-0.15, -0.1) is 0 Å². The topological polar surface area (TPSA) is 21.3 Å². The monoisotopic (exact) mass is 259 g/mol. The molecule has 1 aliphatic rings. The van der Waals surface area contributed by atoms with Crippen LogP contribution < -0.4 is 5.32 Å². The summed E-state index contributed by atoms with van der Waals surface area (Å²) in [7, 11) is 0. The maximum Gasteiger partial charge on any atom is 0.130 e. The SMILES string of the molecule is Fc1cc(Br)ccc1C1CNCCO1. The van der Waals surface area contributed by atoms with Crippen LogP contribution in [0.3, 0.4) is 0 Å². The van der Waals surface area contributed by atoms with Gasteiger partial charge in [0.25, 0.3) is 0 Å². The molecule has 14 heavy (non-hydrogen) atoms. The predicted octanol–water partition coefficient (Wildman–Crippen LogP) is 2.25. The van der Waals surface area contributed by atoms with Crippen LogP contribution >= 0.6 is 15.9 Å². The van der Waals surface area contributed by atoms with Gasteiger partial charge in [-0.25, -0.2) is 4.39 Å². The van der Waals surface area contributed by atoms with E-state index in [9.17, 15) is 4.39 Å². The van der Waals surface area contributed by atoms with Crippen LogP contribution in [0, 0.1) is 5.82 Å². The van der Waals surface area contributed by atoms with E-state index in [4.69, 9.17) is 4.74 Å². The molecule has 0 amide bonds. The maximum atomic E-state index is 13.5. The van der Waals surface area contributed by atoms with Crippen molar-refractivity contribution >= 4 is 15.9 Å². The standard InChI is InChI=1S/C10H11BrFNO/c11-7-1-2-8(9(12)5-7)10-6-13-3-4-14-10/h1-2,5,10,13H,3-4,6H2. The molecule has 1 saturated heterocycles. The molecule has 1 atom stereocenters. The smallest absolute Gasteiger partial charge is 0.130 e. The molecule has 0 aromatic heterocycles. The number of halogens is 2. The Kier molecular flexibility index (Phi) is 3.15. The zero-order valence-electron chi connectivity index (χ0n) is 7.59. The molecule has 0 saturated carbocycles. The molecule has 1 aromatic carbocycles. The molecule has 76 valence electrons. The molecule has 0 spiro atoms. The highest BCUT2D eigenvalue weighted by atomic mass is 79.9. The number of nitrogens with one attached hydrogen (secondary N) is 1. The maximum absolute atomic E-state index is 13.5. The highest BCUT2D eigenvalue weighted by Crippen LogP contribution is 2.24. The molecule has 0 aliphatic carbocycles. The fourth-order valence-corrected chi connectivity index (χ4v) is 1.86. The minimum Gasteiger partial charge on any atom is -0.371 e. The zero-order chi connectivity index (χ0) is 9.97. The second-order valence-electron chi connectivity index (χ2n) is 3.23. The summed E-state index contributed by atoms with van der Waals surface area (Å²) >= 11 is 3.22. The van der Waals surface area contributed by atoms with Crippen LogP contribution in [0.15, 0.2) is 22.7 Å². The highest BCUT2D eigenvalue weighted by Gasteiger charge is 2.18. The molecule has 1 unspecified atom stereocenters. The van der Waals surface area contributed by atoms with E-state index in [2.05, 4.69) is 21.2 Å². The van der Waals surface area contributed by atoms with Crippen LogP contribution in [0.25, 0.3) is 0 Å². The summed E-state index contributed by atoms with van der Waals surface area (Å²) in [6, 6.07) is 5.06. The van der Waals surface area contributed by atoms with Crippen LogP contribution in [-0.2, 0) is 4.74 Å². The van der Waals surface area contributed by atoms with Gasteiger partial charge in [-0.2, -0.15) is 0 Å². The van der Waals surface area contributed by atoms with Gasteiger partial charge in [0, 0.05) is 23.1 Å². The largest absolute Gasteiger partial charge is 0.371 e. The molecule has 4 heteroatoms. The summed E-state index contributed by atoms with van der Waals surface area (Å²) in [6.07, 6.45) is -0.156. The van der Waals surface area contributed by atoms with Crippen LogP contribution in [-0.4, -0.2) is 19.7 Å².